The molecule has 0 fully saturated rings. The zero-order valence-corrected chi connectivity index (χ0v) is 11.8. The van der Waals surface area contributed by atoms with Crippen molar-refractivity contribution >= 4 is 18.3 Å². The number of benzene rings is 1. The highest BCUT2D eigenvalue weighted by Gasteiger charge is 2.26. The molecule has 1 rings (SSSR count). The van der Waals surface area contributed by atoms with Gasteiger partial charge in [0.25, 0.3) is 0 Å². The summed E-state index contributed by atoms with van der Waals surface area (Å²) in [5, 5.41) is 0. The highest BCUT2D eigenvalue weighted by Crippen LogP contribution is 2.30. The number of halogens is 1. The third-order valence-electron chi connectivity index (χ3n) is 3.66. The van der Waals surface area contributed by atoms with E-state index in [-0.39, 0.29) is 11.2 Å². The predicted octanol–water partition coefficient (Wildman–Crippen LogP) is 4.00. The van der Waals surface area contributed by atoms with E-state index in [9.17, 15) is 4.39 Å². The molecule has 0 unspecified atom stereocenters. The van der Waals surface area contributed by atoms with Crippen LogP contribution in [0.1, 0.15) is 26.7 Å². The van der Waals surface area contributed by atoms with Crippen LogP contribution in [0.2, 0.25) is 0 Å². The SMILES string of the molecule is CCC(CC)(CS)CN(C)c1cccc(F)c1. The molecule has 0 radical (unpaired) electrons. The summed E-state index contributed by atoms with van der Waals surface area (Å²) in [6.07, 6.45) is 2.18. The Morgan fingerprint density at radius 2 is 1.94 bits per heavy atom. The lowest BCUT2D eigenvalue weighted by molar-refractivity contribution is 0.314. The van der Waals surface area contributed by atoms with Crippen molar-refractivity contribution in [3.8, 4) is 0 Å². The van der Waals surface area contributed by atoms with Crippen molar-refractivity contribution in [2.75, 3.05) is 24.2 Å². The second kappa shape index (κ2) is 6.29. The normalized spacial score (nSPS) is 11.6. The van der Waals surface area contributed by atoms with Crippen LogP contribution in [0.25, 0.3) is 0 Å². The largest absolute Gasteiger partial charge is 0.374 e. The molecule has 1 nitrogen and oxygen atoms in total. The van der Waals surface area contributed by atoms with Crippen molar-refractivity contribution in [3.63, 3.8) is 0 Å². The minimum atomic E-state index is -0.182. The summed E-state index contributed by atoms with van der Waals surface area (Å²) in [5.41, 5.74) is 1.14. The highest BCUT2D eigenvalue weighted by atomic mass is 32.1. The minimum Gasteiger partial charge on any atom is -0.374 e. The lowest BCUT2D eigenvalue weighted by atomic mass is 9.84. The van der Waals surface area contributed by atoms with Gasteiger partial charge in [0.1, 0.15) is 5.82 Å². The van der Waals surface area contributed by atoms with Gasteiger partial charge in [0.2, 0.25) is 0 Å². The molecule has 0 heterocycles. The molecule has 17 heavy (non-hydrogen) atoms. The van der Waals surface area contributed by atoms with Crippen LogP contribution < -0.4 is 4.90 Å². The molecule has 0 aliphatic heterocycles. The zero-order valence-electron chi connectivity index (χ0n) is 10.9. The van der Waals surface area contributed by atoms with Crippen LogP contribution in [-0.2, 0) is 0 Å². The summed E-state index contributed by atoms with van der Waals surface area (Å²) >= 11 is 4.47. The van der Waals surface area contributed by atoms with Gasteiger partial charge in [0.15, 0.2) is 0 Å². The first-order valence-electron chi connectivity index (χ1n) is 6.14. The van der Waals surface area contributed by atoms with Crippen molar-refractivity contribution < 1.29 is 4.39 Å². The van der Waals surface area contributed by atoms with Crippen molar-refractivity contribution in [2.45, 2.75) is 26.7 Å². The van der Waals surface area contributed by atoms with Gasteiger partial charge >= 0.3 is 0 Å². The Morgan fingerprint density at radius 1 is 1.29 bits per heavy atom. The van der Waals surface area contributed by atoms with Gasteiger partial charge in [-0.25, -0.2) is 4.39 Å². The van der Waals surface area contributed by atoms with Gasteiger partial charge in [-0.1, -0.05) is 19.9 Å². The van der Waals surface area contributed by atoms with Crippen LogP contribution in [0.3, 0.4) is 0 Å². The second-order valence-electron chi connectivity index (χ2n) is 4.70. The van der Waals surface area contributed by atoms with Crippen LogP contribution in [0.15, 0.2) is 24.3 Å². The maximum absolute atomic E-state index is 13.2. The molecule has 3 heteroatoms. The summed E-state index contributed by atoms with van der Waals surface area (Å²) in [4.78, 5) is 2.12. The molecule has 0 spiro atoms. The first-order valence-corrected chi connectivity index (χ1v) is 6.77. The molecule has 1 aromatic rings. The van der Waals surface area contributed by atoms with E-state index in [0.717, 1.165) is 30.8 Å². The molecule has 0 N–H and O–H groups in total. The average Bonchev–Trinajstić information content (AvgIpc) is 2.36. The van der Waals surface area contributed by atoms with Gasteiger partial charge in [-0.05, 0) is 42.2 Å². The van der Waals surface area contributed by atoms with E-state index < -0.39 is 0 Å². The minimum absolute atomic E-state index is 0.182. The summed E-state index contributed by atoms with van der Waals surface area (Å²) in [5.74, 6) is 0.679. The maximum Gasteiger partial charge on any atom is 0.125 e. The molecule has 0 saturated heterocycles. The van der Waals surface area contributed by atoms with Crippen LogP contribution in [0.4, 0.5) is 10.1 Å². The molecular formula is C14H22FNS. The van der Waals surface area contributed by atoms with Crippen LogP contribution in [0.5, 0.6) is 0 Å². The smallest absolute Gasteiger partial charge is 0.125 e. The fraction of sp³-hybridized carbons (Fsp3) is 0.571. The fourth-order valence-electron chi connectivity index (χ4n) is 2.06. The van der Waals surface area contributed by atoms with E-state index >= 15 is 0 Å². The zero-order chi connectivity index (χ0) is 12.9. The van der Waals surface area contributed by atoms with Crippen molar-refractivity contribution in [1.29, 1.82) is 0 Å². The Labute approximate surface area is 109 Å². The third kappa shape index (κ3) is 3.63. The monoisotopic (exact) mass is 255 g/mol. The Bertz CT molecular complexity index is 342. The van der Waals surface area contributed by atoms with Crippen molar-refractivity contribution in [2.24, 2.45) is 5.41 Å². The standard InChI is InChI=1S/C14H22FNS/c1-4-14(5-2,11-17)10-16(3)13-8-6-7-12(15)9-13/h6-9,17H,4-5,10-11H2,1-3H3. The molecule has 96 valence electrons. The number of rotatable bonds is 6. The van der Waals surface area contributed by atoms with E-state index in [2.05, 4.69) is 31.4 Å². The van der Waals surface area contributed by atoms with Crippen LogP contribution in [-0.4, -0.2) is 19.3 Å². The lowest BCUT2D eigenvalue weighted by Crippen LogP contribution is -2.36. The van der Waals surface area contributed by atoms with E-state index in [0.29, 0.717) is 0 Å². The lowest BCUT2D eigenvalue weighted by Gasteiger charge is -2.35. The van der Waals surface area contributed by atoms with Crippen molar-refractivity contribution in [3.05, 3.63) is 30.1 Å². The number of hydrogen-bond donors (Lipinski definition) is 1. The Kier molecular flexibility index (Phi) is 5.31. The summed E-state index contributed by atoms with van der Waals surface area (Å²) in [6, 6.07) is 6.75. The fourth-order valence-corrected chi connectivity index (χ4v) is 2.60. The second-order valence-corrected chi connectivity index (χ2v) is 5.02. The number of nitrogens with zero attached hydrogens (tertiary/aromatic N) is 1. The van der Waals surface area contributed by atoms with Gasteiger partial charge < -0.3 is 4.90 Å². The number of hydrogen-bond acceptors (Lipinski definition) is 2. The Morgan fingerprint density at radius 3 is 2.41 bits per heavy atom. The van der Waals surface area contributed by atoms with Gasteiger partial charge in [0, 0.05) is 19.3 Å². The summed E-state index contributed by atoms with van der Waals surface area (Å²) in [7, 11) is 2.01. The molecule has 1 aromatic carbocycles. The molecule has 0 aliphatic rings. The summed E-state index contributed by atoms with van der Waals surface area (Å²) in [6.45, 7) is 5.30. The van der Waals surface area contributed by atoms with E-state index in [1.54, 1.807) is 12.1 Å². The molecular weight excluding hydrogens is 233 g/mol. The third-order valence-corrected chi connectivity index (χ3v) is 4.33. The van der Waals surface area contributed by atoms with Gasteiger partial charge in [-0.15, -0.1) is 0 Å². The maximum atomic E-state index is 13.2. The van der Waals surface area contributed by atoms with Crippen LogP contribution in [0, 0.1) is 11.2 Å². The van der Waals surface area contributed by atoms with Crippen molar-refractivity contribution in [1.82, 2.24) is 0 Å². The first kappa shape index (κ1) is 14.4. The molecule has 0 bridgehead atoms. The molecule has 0 aliphatic carbocycles. The topological polar surface area (TPSA) is 3.24 Å². The molecule has 0 atom stereocenters. The Hall–Kier alpha value is -0.700. The highest BCUT2D eigenvalue weighted by molar-refractivity contribution is 7.80. The molecule has 0 saturated carbocycles. The number of anilines is 1. The first-order chi connectivity index (χ1) is 8.06. The van der Waals surface area contributed by atoms with Gasteiger partial charge in [0.05, 0.1) is 0 Å². The average molecular weight is 255 g/mol. The predicted molar refractivity (Wildman–Crippen MR) is 76.5 cm³/mol. The van der Waals surface area contributed by atoms with E-state index in [4.69, 9.17) is 0 Å². The molecule has 0 aromatic heterocycles. The Balaban J connectivity index is 2.80. The number of thiol groups is 1. The summed E-state index contributed by atoms with van der Waals surface area (Å²) < 4.78 is 13.2. The van der Waals surface area contributed by atoms with Gasteiger partial charge in [-0.2, -0.15) is 12.6 Å². The van der Waals surface area contributed by atoms with E-state index in [1.807, 2.05) is 13.1 Å². The van der Waals surface area contributed by atoms with Crippen LogP contribution >= 0.6 is 12.6 Å². The van der Waals surface area contributed by atoms with E-state index in [1.165, 1.54) is 6.07 Å². The molecule has 0 amide bonds. The quantitative estimate of drug-likeness (QED) is 0.752. The van der Waals surface area contributed by atoms with Gasteiger partial charge in [-0.3, -0.25) is 0 Å².